The summed E-state index contributed by atoms with van der Waals surface area (Å²) >= 11 is 0. The molecule has 2 aromatic heterocycles. The number of ether oxygens (including phenoxy) is 1. The summed E-state index contributed by atoms with van der Waals surface area (Å²) in [5, 5.41) is 9.06. The Morgan fingerprint density at radius 2 is 2.03 bits per heavy atom. The van der Waals surface area contributed by atoms with Gasteiger partial charge in [-0.1, -0.05) is 0 Å². The van der Waals surface area contributed by atoms with E-state index >= 15 is 0 Å². The van der Waals surface area contributed by atoms with Gasteiger partial charge in [0.15, 0.2) is 0 Å². The number of benzene rings is 1. The summed E-state index contributed by atoms with van der Waals surface area (Å²) in [6, 6.07) is 6.28. The van der Waals surface area contributed by atoms with Crippen molar-refractivity contribution < 1.29 is 22.7 Å². The predicted octanol–water partition coefficient (Wildman–Crippen LogP) is 2.44. The van der Waals surface area contributed by atoms with Crippen molar-refractivity contribution in [3.8, 4) is 29.0 Å². The van der Waals surface area contributed by atoms with Crippen LogP contribution in [0.15, 0.2) is 36.7 Å². The van der Waals surface area contributed by atoms with Gasteiger partial charge in [-0.25, -0.2) is 4.98 Å². The second-order valence-electron chi connectivity index (χ2n) is 8.02. The fourth-order valence-corrected chi connectivity index (χ4v) is 3.47. The van der Waals surface area contributed by atoms with Crippen molar-refractivity contribution in [3.05, 3.63) is 48.0 Å². The van der Waals surface area contributed by atoms with E-state index in [2.05, 4.69) is 54.2 Å². The first kappa shape index (κ1) is 24.3. The number of likely N-dealkylation sites (N-methyl/N-ethyl adjacent to an activating group) is 1. The molecular formula is C23H24F3N7O2. The smallest absolute Gasteiger partial charge is 0.432 e. The van der Waals surface area contributed by atoms with Crippen LogP contribution in [-0.2, 0) is 11.0 Å². The number of carbonyl (C=O) groups excluding carboxylic acids is 1. The Balaban J connectivity index is 1.51. The van der Waals surface area contributed by atoms with Gasteiger partial charge in [0.25, 0.3) is 0 Å². The van der Waals surface area contributed by atoms with Crippen molar-refractivity contribution in [2.45, 2.75) is 6.18 Å². The molecule has 12 heteroatoms. The van der Waals surface area contributed by atoms with E-state index in [1.54, 1.807) is 18.2 Å². The molecule has 0 unspecified atom stereocenters. The summed E-state index contributed by atoms with van der Waals surface area (Å²) in [4.78, 5) is 23.1. The molecule has 1 aliphatic heterocycles. The van der Waals surface area contributed by atoms with Gasteiger partial charge in [0.05, 0.1) is 11.9 Å². The van der Waals surface area contributed by atoms with Crippen LogP contribution in [0.3, 0.4) is 0 Å². The third-order valence-corrected chi connectivity index (χ3v) is 5.45. The van der Waals surface area contributed by atoms with E-state index in [1.165, 1.54) is 12.3 Å². The highest BCUT2D eigenvalue weighted by molar-refractivity contribution is 6.05. The summed E-state index contributed by atoms with van der Waals surface area (Å²) < 4.78 is 44.8. The number of nitrogens with zero attached hydrogens (tertiary/aromatic N) is 4. The lowest BCUT2D eigenvalue weighted by molar-refractivity contribution is -0.140. The van der Waals surface area contributed by atoms with E-state index in [1.807, 2.05) is 0 Å². The molecule has 3 heterocycles. The van der Waals surface area contributed by atoms with Crippen molar-refractivity contribution >= 4 is 11.6 Å². The first-order valence-corrected chi connectivity index (χ1v) is 10.9. The topological polar surface area (TPSA) is 102 Å². The van der Waals surface area contributed by atoms with Crippen LogP contribution in [0.4, 0.5) is 18.9 Å². The van der Waals surface area contributed by atoms with Gasteiger partial charge in [0.1, 0.15) is 29.6 Å². The molecule has 0 atom stereocenters. The number of carbonyl (C=O) groups is 1. The van der Waals surface area contributed by atoms with Crippen LogP contribution >= 0.6 is 0 Å². The molecule has 0 radical (unpaired) electrons. The average molecular weight is 487 g/mol. The lowest BCUT2D eigenvalue weighted by atomic mass is 10.1. The summed E-state index contributed by atoms with van der Waals surface area (Å²) in [7, 11) is 2.08. The number of aromatic nitrogens is 4. The number of rotatable bonds is 6. The number of amides is 1. The Morgan fingerprint density at radius 1 is 1.23 bits per heavy atom. The number of imidazole rings is 1. The maximum Gasteiger partial charge on any atom is 0.432 e. The van der Waals surface area contributed by atoms with Crippen molar-refractivity contribution in [2.24, 2.45) is 0 Å². The normalized spacial score (nSPS) is 14.9. The molecule has 0 spiro atoms. The fourth-order valence-electron chi connectivity index (χ4n) is 3.47. The quantitative estimate of drug-likeness (QED) is 0.462. The van der Waals surface area contributed by atoms with Crippen LogP contribution < -0.4 is 10.1 Å². The minimum atomic E-state index is -4.54. The van der Waals surface area contributed by atoms with Crippen molar-refractivity contribution in [1.29, 1.82) is 0 Å². The van der Waals surface area contributed by atoms with Crippen LogP contribution in [0, 0.1) is 11.8 Å². The first-order valence-electron chi connectivity index (χ1n) is 10.9. The number of hydrogen-bond donors (Lipinski definition) is 3. The first-order chi connectivity index (χ1) is 16.8. The van der Waals surface area contributed by atoms with Gasteiger partial charge in [-0.2, -0.15) is 18.3 Å². The van der Waals surface area contributed by atoms with Gasteiger partial charge in [-0.05, 0) is 37.2 Å². The van der Waals surface area contributed by atoms with Gasteiger partial charge in [-0.15, -0.1) is 0 Å². The third kappa shape index (κ3) is 6.62. The average Bonchev–Trinajstić information content (AvgIpc) is 3.52. The third-order valence-electron chi connectivity index (χ3n) is 5.45. The number of nitrogens with one attached hydrogen (secondary N) is 3. The highest BCUT2D eigenvalue weighted by Gasteiger charge is 2.33. The van der Waals surface area contributed by atoms with Crippen molar-refractivity contribution in [1.82, 2.24) is 30.0 Å². The Morgan fingerprint density at radius 3 is 2.71 bits per heavy atom. The van der Waals surface area contributed by atoms with E-state index in [9.17, 15) is 18.0 Å². The summed E-state index contributed by atoms with van der Waals surface area (Å²) in [6.07, 6.45) is -2.31. The number of anilines is 1. The van der Waals surface area contributed by atoms with E-state index in [-0.39, 0.29) is 11.5 Å². The highest BCUT2D eigenvalue weighted by atomic mass is 19.4. The number of hydrogen-bond acceptors (Lipinski definition) is 6. The molecule has 1 fully saturated rings. The molecule has 3 N–H and O–H groups in total. The summed E-state index contributed by atoms with van der Waals surface area (Å²) in [6.45, 7) is 4.92. The Hall–Kier alpha value is -3.82. The minimum Gasteiger partial charge on any atom is -0.490 e. The molecule has 0 aliphatic carbocycles. The molecule has 1 aromatic carbocycles. The van der Waals surface area contributed by atoms with E-state index in [0.29, 0.717) is 30.2 Å². The van der Waals surface area contributed by atoms with E-state index in [4.69, 9.17) is 4.74 Å². The molecular weight excluding hydrogens is 463 g/mol. The molecule has 1 aliphatic rings. The molecule has 184 valence electrons. The highest BCUT2D eigenvalue weighted by Crippen LogP contribution is 2.32. The Labute approximate surface area is 199 Å². The van der Waals surface area contributed by atoms with Crippen molar-refractivity contribution in [2.75, 3.05) is 51.7 Å². The maximum atomic E-state index is 13.0. The van der Waals surface area contributed by atoms with Gasteiger partial charge < -0.3 is 19.9 Å². The standard InChI is InChI=1S/C23H24F3N7O2/c1-32-8-10-33(11-9-32)12-13-35-19-4-2-16(22-27-15-20(30-22)23(24,25)26)14-18(19)29-21(34)5-3-17-6-7-28-31-17/h2,4,6-7,14-15H,8-13H2,1H3,(H,27,30)(H,28,31)(H,29,34). The monoisotopic (exact) mass is 487 g/mol. The lowest BCUT2D eigenvalue weighted by Crippen LogP contribution is -2.45. The summed E-state index contributed by atoms with van der Waals surface area (Å²) in [5.41, 5.74) is 0.127. The zero-order chi connectivity index (χ0) is 24.8. The molecule has 0 bridgehead atoms. The maximum absolute atomic E-state index is 13.0. The SMILES string of the molecule is CN1CCN(CCOc2ccc(-c3ncc(C(F)(F)F)[nH]3)cc2NC(=O)C#Cc2ccn[nH]2)CC1. The van der Waals surface area contributed by atoms with Crippen LogP contribution in [-0.4, -0.2) is 82.3 Å². The van der Waals surface area contributed by atoms with Crippen LogP contribution in [0.2, 0.25) is 0 Å². The van der Waals surface area contributed by atoms with Crippen LogP contribution in [0.1, 0.15) is 11.4 Å². The lowest BCUT2D eigenvalue weighted by Gasteiger charge is -2.32. The largest absolute Gasteiger partial charge is 0.490 e. The van der Waals surface area contributed by atoms with E-state index in [0.717, 1.165) is 32.4 Å². The second-order valence-corrected chi connectivity index (χ2v) is 8.02. The number of piperazine rings is 1. The number of halogens is 3. The predicted molar refractivity (Wildman–Crippen MR) is 123 cm³/mol. The van der Waals surface area contributed by atoms with Crippen molar-refractivity contribution in [3.63, 3.8) is 0 Å². The zero-order valence-electron chi connectivity index (χ0n) is 18.9. The molecule has 9 nitrogen and oxygen atoms in total. The van der Waals surface area contributed by atoms with Gasteiger partial charge >= 0.3 is 12.1 Å². The van der Waals surface area contributed by atoms with Gasteiger partial charge in [0.2, 0.25) is 0 Å². The fraction of sp³-hybridized carbons (Fsp3) is 0.348. The molecule has 4 rings (SSSR count). The van der Waals surface area contributed by atoms with Crippen LogP contribution in [0.5, 0.6) is 5.75 Å². The number of aromatic amines is 2. The second kappa shape index (κ2) is 10.6. The number of alkyl halides is 3. The van der Waals surface area contributed by atoms with Crippen LogP contribution in [0.25, 0.3) is 11.4 Å². The van der Waals surface area contributed by atoms with Gasteiger partial charge in [0, 0.05) is 50.4 Å². The molecule has 1 saturated heterocycles. The Bertz CT molecular complexity index is 1200. The molecule has 1 amide bonds. The zero-order valence-corrected chi connectivity index (χ0v) is 18.9. The minimum absolute atomic E-state index is 0.0142. The molecule has 3 aromatic rings. The number of H-pyrrole nitrogens is 2. The Kier molecular flexibility index (Phi) is 7.38. The summed E-state index contributed by atoms with van der Waals surface area (Å²) in [5.74, 6) is 4.87. The van der Waals surface area contributed by atoms with E-state index < -0.39 is 17.8 Å². The van der Waals surface area contributed by atoms with Gasteiger partial charge in [-0.3, -0.25) is 14.8 Å². The molecule has 35 heavy (non-hydrogen) atoms. The molecule has 0 saturated carbocycles.